The molecule has 0 aliphatic carbocycles. The molecule has 0 saturated carbocycles. The molecular weight excluding hydrogens is 190 g/mol. The van der Waals surface area contributed by atoms with Crippen LogP contribution in [-0.4, -0.2) is 20.3 Å². The normalized spacial score (nSPS) is 9.60. The van der Waals surface area contributed by atoms with Crippen LogP contribution < -0.4 is 4.74 Å². The second-order valence-electron chi connectivity index (χ2n) is 3.19. The van der Waals surface area contributed by atoms with E-state index in [0.29, 0.717) is 12.2 Å². The molecule has 0 bridgehead atoms. The highest BCUT2D eigenvalue weighted by molar-refractivity contribution is 5.36. The first-order chi connectivity index (χ1) is 7.36. The second-order valence-corrected chi connectivity index (χ2v) is 3.19. The highest BCUT2D eigenvalue weighted by Gasteiger charge is 1.95. The van der Waals surface area contributed by atoms with E-state index < -0.39 is 0 Å². The minimum absolute atomic E-state index is 0.629. The van der Waals surface area contributed by atoms with E-state index in [0.717, 1.165) is 25.2 Å². The van der Waals surface area contributed by atoms with Crippen LogP contribution in [0.2, 0.25) is 0 Å². The van der Waals surface area contributed by atoms with Gasteiger partial charge in [-0.1, -0.05) is 6.07 Å². The molecule has 80 valence electrons. The monoisotopic (exact) mass is 205 g/mol. The van der Waals surface area contributed by atoms with E-state index in [1.165, 1.54) is 0 Å². The first-order valence-corrected chi connectivity index (χ1v) is 4.98. The molecule has 0 heterocycles. The second kappa shape index (κ2) is 6.86. The fourth-order valence-corrected chi connectivity index (χ4v) is 1.19. The van der Waals surface area contributed by atoms with Gasteiger partial charge in [0.05, 0.1) is 18.2 Å². The summed E-state index contributed by atoms with van der Waals surface area (Å²) in [6.45, 7) is 1.43. The molecule has 0 unspecified atom stereocenters. The maximum absolute atomic E-state index is 8.68. The Balaban J connectivity index is 2.28. The molecule has 15 heavy (non-hydrogen) atoms. The SMILES string of the molecule is COCCCCOc1cccc(C#N)c1. The first kappa shape index (κ1) is 11.5. The zero-order valence-corrected chi connectivity index (χ0v) is 8.90. The summed E-state index contributed by atoms with van der Waals surface area (Å²) in [6.07, 6.45) is 1.96. The van der Waals surface area contributed by atoms with Gasteiger partial charge >= 0.3 is 0 Å². The first-order valence-electron chi connectivity index (χ1n) is 4.98. The Kier molecular flexibility index (Phi) is 5.28. The summed E-state index contributed by atoms with van der Waals surface area (Å²) < 4.78 is 10.4. The van der Waals surface area contributed by atoms with E-state index >= 15 is 0 Å². The Morgan fingerprint density at radius 2 is 2.07 bits per heavy atom. The predicted molar refractivity (Wildman–Crippen MR) is 57.8 cm³/mol. The summed E-state index contributed by atoms with van der Waals surface area (Å²) >= 11 is 0. The van der Waals surface area contributed by atoms with Crippen LogP contribution in [0, 0.1) is 11.3 Å². The van der Waals surface area contributed by atoms with Crippen molar-refractivity contribution in [3.05, 3.63) is 29.8 Å². The van der Waals surface area contributed by atoms with Crippen LogP contribution in [0.4, 0.5) is 0 Å². The van der Waals surface area contributed by atoms with Crippen LogP contribution in [0.15, 0.2) is 24.3 Å². The van der Waals surface area contributed by atoms with Crippen molar-refractivity contribution in [1.29, 1.82) is 5.26 Å². The number of hydrogen-bond donors (Lipinski definition) is 0. The van der Waals surface area contributed by atoms with E-state index in [2.05, 4.69) is 6.07 Å². The third kappa shape index (κ3) is 4.48. The molecule has 3 heteroatoms. The lowest BCUT2D eigenvalue weighted by Crippen LogP contribution is -1.99. The summed E-state index contributed by atoms with van der Waals surface area (Å²) in [5, 5.41) is 8.68. The number of methoxy groups -OCH3 is 1. The lowest BCUT2D eigenvalue weighted by Gasteiger charge is -2.05. The standard InChI is InChI=1S/C12H15NO2/c1-14-7-2-3-8-15-12-6-4-5-11(9-12)10-13/h4-6,9H,2-3,7-8H2,1H3. The van der Waals surface area contributed by atoms with Crippen molar-refractivity contribution in [3.63, 3.8) is 0 Å². The summed E-state index contributed by atoms with van der Waals surface area (Å²) in [4.78, 5) is 0. The number of benzene rings is 1. The minimum atomic E-state index is 0.629. The van der Waals surface area contributed by atoms with Gasteiger partial charge in [-0.25, -0.2) is 0 Å². The summed E-state index contributed by atoms with van der Waals surface area (Å²) in [5.41, 5.74) is 0.629. The van der Waals surface area contributed by atoms with Crippen LogP contribution in [0.5, 0.6) is 5.75 Å². The van der Waals surface area contributed by atoms with Crippen LogP contribution in [0.25, 0.3) is 0 Å². The Bertz CT molecular complexity index is 331. The molecule has 0 aliphatic rings. The lowest BCUT2D eigenvalue weighted by molar-refractivity contribution is 0.184. The van der Waals surface area contributed by atoms with Crippen molar-refractivity contribution in [2.24, 2.45) is 0 Å². The lowest BCUT2D eigenvalue weighted by atomic mass is 10.2. The average molecular weight is 205 g/mol. The van der Waals surface area contributed by atoms with Gasteiger partial charge in [-0.2, -0.15) is 5.26 Å². The molecule has 0 aliphatic heterocycles. The quantitative estimate of drug-likeness (QED) is 0.669. The zero-order valence-electron chi connectivity index (χ0n) is 8.90. The Morgan fingerprint density at radius 3 is 2.80 bits per heavy atom. The fourth-order valence-electron chi connectivity index (χ4n) is 1.19. The van der Waals surface area contributed by atoms with Crippen molar-refractivity contribution in [1.82, 2.24) is 0 Å². The summed E-state index contributed by atoms with van der Waals surface area (Å²) in [7, 11) is 1.69. The van der Waals surface area contributed by atoms with Gasteiger partial charge in [-0.3, -0.25) is 0 Å². The van der Waals surface area contributed by atoms with Crippen molar-refractivity contribution in [3.8, 4) is 11.8 Å². The third-order valence-electron chi connectivity index (χ3n) is 1.97. The van der Waals surface area contributed by atoms with E-state index in [1.54, 1.807) is 19.2 Å². The van der Waals surface area contributed by atoms with Crippen molar-refractivity contribution >= 4 is 0 Å². The Morgan fingerprint density at radius 1 is 1.27 bits per heavy atom. The minimum Gasteiger partial charge on any atom is -0.494 e. The Labute approximate surface area is 90.2 Å². The van der Waals surface area contributed by atoms with Gasteiger partial charge in [0.1, 0.15) is 5.75 Å². The summed E-state index contributed by atoms with van der Waals surface area (Å²) in [5.74, 6) is 0.756. The van der Waals surface area contributed by atoms with E-state index in [9.17, 15) is 0 Å². The van der Waals surface area contributed by atoms with Crippen molar-refractivity contribution < 1.29 is 9.47 Å². The molecule has 3 nitrogen and oxygen atoms in total. The average Bonchev–Trinajstić information content (AvgIpc) is 2.29. The van der Waals surface area contributed by atoms with Gasteiger partial charge in [0, 0.05) is 13.7 Å². The zero-order chi connectivity index (χ0) is 10.9. The smallest absolute Gasteiger partial charge is 0.120 e. The summed E-state index contributed by atoms with van der Waals surface area (Å²) in [6, 6.07) is 9.27. The molecule has 0 saturated heterocycles. The number of unbranched alkanes of at least 4 members (excludes halogenated alkanes) is 1. The van der Waals surface area contributed by atoms with Crippen molar-refractivity contribution in [2.75, 3.05) is 20.3 Å². The maximum Gasteiger partial charge on any atom is 0.120 e. The van der Waals surface area contributed by atoms with E-state index in [4.69, 9.17) is 14.7 Å². The number of hydrogen-bond acceptors (Lipinski definition) is 3. The van der Waals surface area contributed by atoms with E-state index in [-0.39, 0.29) is 0 Å². The highest BCUT2D eigenvalue weighted by Crippen LogP contribution is 2.12. The molecule has 0 atom stereocenters. The van der Waals surface area contributed by atoms with E-state index in [1.807, 2.05) is 12.1 Å². The molecule has 0 aromatic heterocycles. The topological polar surface area (TPSA) is 42.2 Å². The van der Waals surface area contributed by atoms with Gasteiger partial charge in [0.2, 0.25) is 0 Å². The fraction of sp³-hybridized carbons (Fsp3) is 0.417. The number of nitrogens with zero attached hydrogens (tertiary/aromatic N) is 1. The number of rotatable bonds is 6. The van der Waals surface area contributed by atoms with Crippen LogP contribution in [-0.2, 0) is 4.74 Å². The molecule has 0 fully saturated rings. The van der Waals surface area contributed by atoms with Crippen LogP contribution in [0.1, 0.15) is 18.4 Å². The molecule has 0 spiro atoms. The van der Waals surface area contributed by atoms with Gasteiger partial charge in [0.25, 0.3) is 0 Å². The largest absolute Gasteiger partial charge is 0.494 e. The van der Waals surface area contributed by atoms with Gasteiger partial charge in [0.15, 0.2) is 0 Å². The van der Waals surface area contributed by atoms with Gasteiger partial charge in [-0.15, -0.1) is 0 Å². The molecule has 1 aromatic rings. The molecule has 1 rings (SSSR count). The number of ether oxygens (including phenoxy) is 2. The van der Waals surface area contributed by atoms with Crippen LogP contribution >= 0.6 is 0 Å². The predicted octanol–water partition coefficient (Wildman–Crippen LogP) is 2.36. The maximum atomic E-state index is 8.68. The van der Waals surface area contributed by atoms with Crippen LogP contribution in [0.3, 0.4) is 0 Å². The number of nitriles is 1. The third-order valence-corrected chi connectivity index (χ3v) is 1.97. The highest BCUT2D eigenvalue weighted by atomic mass is 16.5. The molecule has 0 radical (unpaired) electrons. The van der Waals surface area contributed by atoms with Crippen molar-refractivity contribution in [2.45, 2.75) is 12.8 Å². The molecule has 1 aromatic carbocycles. The molecule has 0 N–H and O–H groups in total. The Hall–Kier alpha value is -1.53. The molecule has 0 amide bonds. The van der Waals surface area contributed by atoms with Gasteiger partial charge < -0.3 is 9.47 Å². The molecular formula is C12H15NO2. The van der Waals surface area contributed by atoms with Gasteiger partial charge in [-0.05, 0) is 31.0 Å².